The van der Waals surface area contributed by atoms with Crippen LogP contribution in [0.3, 0.4) is 0 Å². The van der Waals surface area contributed by atoms with Gasteiger partial charge in [-0.2, -0.15) is 13.2 Å². The van der Waals surface area contributed by atoms with E-state index in [4.69, 9.17) is 4.74 Å². The van der Waals surface area contributed by atoms with Crippen LogP contribution in [0, 0.1) is 0 Å². The van der Waals surface area contributed by atoms with Gasteiger partial charge in [0.15, 0.2) is 0 Å². The van der Waals surface area contributed by atoms with Gasteiger partial charge in [-0.3, -0.25) is 9.59 Å². The van der Waals surface area contributed by atoms with Gasteiger partial charge in [-0.1, -0.05) is 0 Å². The normalized spacial score (nSPS) is 16.7. The molecule has 148 valence electrons. The van der Waals surface area contributed by atoms with Crippen LogP contribution in [0.4, 0.5) is 18.9 Å². The molecule has 2 aromatic rings. The molecule has 1 N–H and O–H groups in total. The second-order valence-electron chi connectivity index (χ2n) is 6.42. The molecule has 0 unspecified atom stereocenters. The van der Waals surface area contributed by atoms with Crippen LogP contribution < -0.4 is 10.1 Å². The van der Waals surface area contributed by atoms with Crippen LogP contribution >= 0.6 is 0 Å². The third-order valence-electron chi connectivity index (χ3n) is 4.23. The Hall–Kier alpha value is -3.10. The van der Waals surface area contributed by atoms with Gasteiger partial charge in [0.25, 0.3) is 5.91 Å². The zero-order valence-electron chi connectivity index (χ0n) is 15.0. The number of halogens is 3. The van der Waals surface area contributed by atoms with Crippen LogP contribution in [-0.4, -0.2) is 40.9 Å². The Morgan fingerprint density at radius 1 is 1.21 bits per heavy atom. The molecule has 0 spiro atoms. The summed E-state index contributed by atoms with van der Waals surface area (Å²) in [6.45, 7) is 2.07. The molecule has 3 rings (SSSR count). The third-order valence-corrected chi connectivity index (χ3v) is 4.23. The molecule has 1 aromatic heterocycles. The number of hydrogen-bond donors (Lipinski definition) is 1. The number of carbonyl (C=O) groups is 2. The summed E-state index contributed by atoms with van der Waals surface area (Å²) in [5.41, 5.74) is 0.205. The molecule has 1 saturated heterocycles. The number of ether oxygens (including phenoxy) is 1. The maximum absolute atomic E-state index is 12.8. The van der Waals surface area contributed by atoms with Crippen LogP contribution in [0.1, 0.15) is 29.3 Å². The fraction of sp³-hybridized carbons (Fsp3) is 0.316. The van der Waals surface area contributed by atoms with Crippen molar-refractivity contribution in [2.24, 2.45) is 0 Å². The standard InChI is InChI=1S/C19H18F3N3O3/c1-12(26)24-15-4-2-13(3-5-15)18(27)25-9-7-16(11-25)28-17-10-14(6-8-23-17)19(20,21)22/h2-6,8,10,16H,7,9,11H2,1H3,(H,24,26)/t16-/m1/s1. The predicted molar refractivity (Wildman–Crippen MR) is 94.9 cm³/mol. The van der Waals surface area contributed by atoms with Crippen LogP contribution in [0.5, 0.6) is 5.88 Å². The Balaban J connectivity index is 1.60. The third kappa shape index (κ3) is 4.79. The number of benzene rings is 1. The zero-order valence-corrected chi connectivity index (χ0v) is 15.0. The number of rotatable bonds is 4. The summed E-state index contributed by atoms with van der Waals surface area (Å²) in [6, 6.07) is 8.20. The quantitative estimate of drug-likeness (QED) is 0.865. The highest BCUT2D eigenvalue weighted by atomic mass is 19.4. The summed E-state index contributed by atoms with van der Waals surface area (Å²) in [6.07, 6.45) is -3.36. The lowest BCUT2D eigenvalue weighted by Crippen LogP contribution is -2.31. The second kappa shape index (κ2) is 7.87. The average Bonchev–Trinajstić information content (AvgIpc) is 3.09. The SMILES string of the molecule is CC(=O)Nc1ccc(C(=O)N2CC[C@@H](Oc3cc(C(F)(F)F)ccn3)C2)cc1. The summed E-state index contributed by atoms with van der Waals surface area (Å²) in [7, 11) is 0. The molecule has 1 atom stereocenters. The Morgan fingerprint density at radius 2 is 1.93 bits per heavy atom. The monoisotopic (exact) mass is 393 g/mol. The topological polar surface area (TPSA) is 71.5 Å². The number of nitrogens with zero attached hydrogens (tertiary/aromatic N) is 2. The highest BCUT2D eigenvalue weighted by molar-refractivity contribution is 5.95. The van der Waals surface area contributed by atoms with E-state index in [1.54, 1.807) is 29.2 Å². The molecule has 2 heterocycles. The fourth-order valence-corrected chi connectivity index (χ4v) is 2.91. The molecule has 1 aliphatic rings. The number of likely N-dealkylation sites (tertiary alicyclic amines) is 1. The van der Waals surface area contributed by atoms with Crippen molar-refractivity contribution in [3.8, 4) is 5.88 Å². The molecule has 9 heteroatoms. The minimum Gasteiger partial charge on any atom is -0.472 e. The number of carbonyl (C=O) groups excluding carboxylic acids is 2. The lowest BCUT2D eigenvalue weighted by molar-refractivity contribution is -0.137. The maximum Gasteiger partial charge on any atom is 0.416 e. The first-order valence-corrected chi connectivity index (χ1v) is 8.59. The molecule has 28 heavy (non-hydrogen) atoms. The Morgan fingerprint density at radius 3 is 2.57 bits per heavy atom. The first-order chi connectivity index (χ1) is 13.2. The average molecular weight is 393 g/mol. The lowest BCUT2D eigenvalue weighted by atomic mass is 10.2. The van der Waals surface area contributed by atoms with Gasteiger partial charge in [0.1, 0.15) is 6.10 Å². The van der Waals surface area contributed by atoms with E-state index in [0.717, 1.165) is 18.3 Å². The number of hydrogen-bond acceptors (Lipinski definition) is 4. The van der Waals surface area contributed by atoms with Crippen LogP contribution in [0.25, 0.3) is 0 Å². The van der Waals surface area contributed by atoms with E-state index in [1.807, 2.05) is 0 Å². The molecule has 1 aliphatic heterocycles. The summed E-state index contributed by atoms with van der Waals surface area (Å²) in [4.78, 5) is 29.0. The lowest BCUT2D eigenvalue weighted by Gasteiger charge is -2.17. The number of pyridine rings is 1. The first-order valence-electron chi connectivity index (χ1n) is 8.59. The number of alkyl halides is 3. The number of nitrogens with one attached hydrogen (secondary N) is 1. The van der Waals surface area contributed by atoms with E-state index in [-0.39, 0.29) is 24.2 Å². The predicted octanol–water partition coefficient (Wildman–Crippen LogP) is 3.35. The largest absolute Gasteiger partial charge is 0.472 e. The summed E-state index contributed by atoms with van der Waals surface area (Å²) >= 11 is 0. The van der Waals surface area contributed by atoms with Gasteiger partial charge in [0.2, 0.25) is 11.8 Å². The second-order valence-corrected chi connectivity index (χ2v) is 6.42. The van der Waals surface area contributed by atoms with Gasteiger partial charge in [-0.25, -0.2) is 4.98 Å². The van der Waals surface area contributed by atoms with Gasteiger partial charge in [0, 0.05) is 43.4 Å². The van der Waals surface area contributed by atoms with E-state index in [9.17, 15) is 22.8 Å². The summed E-state index contributed by atoms with van der Waals surface area (Å²) < 4.78 is 43.9. The molecule has 1 fully saturated rings. The molecular weight excluding hydrogens is 375 g/mol. The van der Waals surface area contributed by atoms with Crippen LogP contribution in [0.2, 0.25) is 0 Å². The van der Waals surface area contributed by atoms with E-state index >= 15 is 0 Å². The minimum atomic E-state index is -4.47. The van der Waals surface area contributed by atoms with Crippen molar-refractivity contribution in [2.45, 2.75) is 25.6 Å². The highest BCUT2D eigenvalue weighted by Gasteiger charge is 2.32. The van der Waals surface area contributed by atoms with E-state index in [1.165, 1.54) is 6.92 Å². The summed E-state index contributed by atoms with van der Waals surface area (Å²) in [5.74, 6) is -0.534. The van der Waals surface area contributed by atoms with E-state index in [0.29, 0.717) is 24.2 Å². The zero-order chi connectivity index (χ0) is 20.3. The van der Waals surface area contributed by atoms with Crippen molar-refractivity contribution in [2.75, 3.05) is 18.4 Å². The minimum absolute atomic E-state index is 0.117. The Kier molecular flexibility index (Phi) is 5.53. The number of amides is 2. The maximum atomic E-state index is 12.8. The first kappa shape index (κ1) is 19.7. The van der Waals surface area contributed by atoms with Crippen molar-refractivity contribution >= 4 is 17.5 Å². The van der Waals surface area contributed by atoms with Crippen molar-refractivity contribution in [1.29, 1.82) is 0 Å². The van der Waals surface area contributed by atoms with Crippen molar-refractivity contribution < 1.29 is 27.5 Å². The van der Waals surface area contributed by atoms with Gasteiger partial charge < -0.3 is 15.0 Å². The Labute approximate surface area is 159 Å². The molecule has 0 radical (unpaired) electrons. The van der Waals surface area contributed by atoms with Crippen LogP contribution in [0.15, 0.2) is 42.6 Å². The van der Waals surface area contributed by atoms with Gasteiger partial charge in [-0.15, -0.1) is 0 Å². The van der Waals surface area contributed by atoms with E-state index < -0.39 is 17.8 Å². The van der Waals surface area contributed by atoms with Gasteiger partial charge in [0.05, 0.1) is 12.1 Å². The number of anilines is 1. The van der Waals surface area contributed by atoms with Gasteiger partial charge in [-0.05, 0) is 30.3 Å². The smallest absolute Gasteiger partial charge is 0.416 e. The fourth-order valence-electron chi connectivity index (χ4n) is 2.91. The van der Waals surface area contributed by atoms with Crippen molar-refractivity contribution in [1.82, 2.24) is 9.88 Å². The molecule has 6 nitrogen and oxygen atoms in total. The van der Waals surface area contributed by atoms with Gasteiger partial charge >= 0.3 is 6.18 Å². The molecular formula is C19H18F3N3O3. The van der Waals surface area contributed by atoms with Crippen LogP contribution in [-0.2, 0) is 11.0 Å². The highest BCUT2D eigenvalue weighted by Crippen LogP contribution is 2.31. The molecule has 0 saturated carbocycles. The summed E-state index contributed by atoms with van der Waals surface area (Å²) in [5, 5.41) is 2.62. The Bertz CT molecular complexity index is 869. The molecule has 0 aliphatic carbocycles. The molecule has 2 amide bonds. The molecule has 0 bridgehead atoms. The number of aromatic nitrogens is 1. The van der Waals surface area contributed by atoms with E-state index in [2.05, 4.69) is 10.3 Å². The van der Waals surface area contributed by atoms with Crippen molar-refractivity contribution in [3.63, 3.8) is 0 Å². The van der Waals surface area contributed by atoms with Crippen molar-refractivity contribution in [3.05, 3.63) is 53.7 Å². The molecule has 1 aromatic carbocycles.